The SMILES string of the molecule is Cn1c(CCN)cnc1Cc1ccc([N+](=O)[O-])cc1. The minimum absolute atomic E-state index is 0.104. The van der Waals surface area contributed by atoms with Crippen LogP contribution >= 0.6 is 0 Å². The summed E-state index contributed by atoms with van der Waals surface area (Å²) in [4.78, 5) is 14.5. The van der Waals surface area contributed by atoms with Gasteiger partial charge in [0.05, 0.1) is 4.92 Å². The molecule has 6 nitrogen and oxygen atoms in total. The minimum atomic E-state index is -0.399. The van der Waals surface area contributed by atoms with Crippen LogP contribution in [0.5, 0.6) is 0 Å². The molecule has 0 radical (unpaired) electrons. The van der Waals surface area contributed by atoms with Gasteiger partial charge in [0.25, 0.3) is 5.69 Å². The molecule has 2 aromatic rings. The highest BCUT2D eigenvalue weighted by Gasteiger charge is 2.08. The van der Waals surface area contributed by atoms with Crippen LogP contribution in [0, 0.1) is 10.1 Å². The van der Waals surface area contributed by atoms with Crippen molar-refractivity contribution in [3.8, 4) is 0 Å². The molecular weight excluding hydrogens is 244 g/mol. The van der Waals surface area contributed by atoms with Gasteiger partial charge in [0, 0.05) is 43.9 Å². The van der Waals surface area contributed by atoms with E-state index in [9.17, 15) is 10.1 Å². The molecule has 0 atom stereocenters. The Morgan fingerprint density at radius 3 is 2.63 bits per heavy atom. The van der Waals surface area contributed by atoms with E-state index in [-0.39, 0.29) is 5.69 Å². The Hall–Kier alpha value is -2.21. The second kappa shape index (κ2) is 5.62. The van der Waals surface area contributed by atoms with Crippen LogP contribution in [0.25, 0.3) is 0 Å². The van der Waals surface area contributed by atoms with Crippen LogP contribution in [0.3, 0.4) is 0 Å². The van der Waals surface area contributed by atoms with E-state index in [1.165, 1.54) is 12.1 Å². The van der Waals surface area contributed by atoms with E-state index in [1.54, 1.807) is 12.1 Å². The van der Waals surface area contributed by atoms with Gasteiger partial charge in [-0.15, -0.1) is 0 Å². The second-order valence-electron chi connectivity index (χ2n) is 4.36. The standard InChI is InChI=1S/C13H16N4O2/c1-16-12(6-7-14)9-15-13(16)8-10-2-4-11(5-3-10)17(18)19/h2-5,9H,6-8,14H2,1H3. The van der Waals surface area contributed by atoms with Crippen molar-refractivity contribution < 1.29 is 4.92 Å². The van der Waals surface area contributed by atoms with E-state index in [4.69, 9.17) is 5.73 Å². The third-order valence-corrected chi connectivity index (χ3v) is 3.09. The molecule has 0 saturated heterocycles. The Morgan fingerprint density at radius 2 is 2.05 bits per heavy atom. The minimum Gasteiger partial charge on any atom is -0.335 e. The van der Waals surface area contributed by atoms with Crippen LogP contribution in [0.15, 0.2) is 30.5 Å². The van der Waals surface area contributed by atoms with E-state index < -0.39 is 4.92 Å². The first-order chi connectivity index (χ1) is 9.11. The largest absolute Gasteiger partial charge is 0.335 e. The second-order valence-corrected chi connectivity index (χ2v) is 4.36. The number of rotatable bonds is 5. The molecule has 0 saturated carbocycles. The molecule has 1 heterocycles. The first-order valence-electron chi connectivity index (χ1n) is 6.04. The number of hydrogen-bond acceptors (Lipinski definition) is 4. The number of nitro benzene ring substituents is 1. The van der Waals surface area contributed by atoms with Gasteiger partial charge >= 0.3 is 0 Å². The lowest BCUT2D eigenvalue weighted by Crippen LogP contribution is -2.08. The van der Waals surface area contributed by atoms with Gasteiger partial charge in [-0.25, -0.2) is 4.98 Å². The Bertz CT molecular complexity index is 575. The van der Waals surface area contributed by atoms with Crippen LogP contribution in [-0.2, 0) is 19.9 Å². The molecule has 0 fully saturated rings. The molecule has 100 valence electrons. The van der Waals surface area contributed by atoms with E-state index in [0.29, 0.717) is 13.0 Å². The first-order valence-corrected chi connectivity index (χ1v) is 6.04. The zero-order valence-electron chi connectivity index (χ0n) is 10.7. The normalized spacial score (nSPS) is 10.6. The Kier molecular flexibility index (Phi) is 3.91. The zero-order valence-corrected chi connectivity index (χ0v) is 10.7. The van der Waals surface area contributed by atoms with Crippen molar-refractivity contribution in [3.63, 3.8) is 0 Å². The Morgan fingerprint density at radius 1 is 1.37 bits per heavy atom. The summed E-state index contributed by atoms with van der Waals surface area (Å²) in [5.74, 6) is 0.928. The van der Waals surface area contributed by atoms with Gasteiger partial charge < -0.3 is 10.3 Å². The van der Waals surface area contributed by atoms with Crippen LogP contribution in [0.4, 0.5) is 5.69 Å². The van der Waals surface area contributed by atoms with E-state index in [1.807, 2.05) is 17.8 Å². The zero-order chi connectivity index (χ0) is 13.8. The summed E-state index contributed by atoms with van der Waals surface area (Å²) in [6.45, 7) is 0.594. The summed E-state index contributed by atoms with van der Waals surface area (Å²) in [6.07, 6.45) is 3.27. The number of imidazole rings is 1. The fraction of sp³-hybridized carbons (Fsp3) is 0.308. The molecular formula is C13H16N4O2. The molecule has 1 aromatic heterocycles. The van der Waals surface area contributed by atoms with Crippen molar-refractivity contribution in [2.45, 2.75) is 12.8 Å². The maximum Gasteiger partial charge on any atom is 0.269 e. The number of nitro groups is 1. The molecule has 0 unspecified atom stereocenters. The molecule has 0 amide bonds. The predicted octanol–water partition coefficient (Wildman–Crippen LogP) is 1.42. The smallest absolute Gasteiger partial charge is 0.269 e. The lowest BCUT2D eigenvalue weighted by Gasteiger charge is -2.05. The van der Waals surface area contributed by atoms with Gasteiger partial charge in [0.1, 0.15) is 5.82 Å². The quantitative estimate of drug-likeness (QED) is 0.650. The van der Waals surface area contributed by atoms with Gasteiger partial charge in [-0.2, -0.15) is 0 Å². The van der Waals surface area contributed by atoms with Crippen molar-refractivity contribution in [2.75, 3.05) is 6.54 Å². The molecule has 0 spiro atoms. The van der Waals surface area contributed by atoms with Crippen LogP contribution in [0.2, 0.25) is 0 Å². The molecule has 0 aliphatic carbocycles. The fourth-order valence-electron chi connectivity index (χ4n) is 1.95. The van der Waals surface area contributed by atoms with E-state index in [0.717, 1.165) is 23.5 Å². The first kappa shape index (κ1) is 13.2. The van der Waals surface area contributed by atoms with Gasteiger partial charge in [0.2, 0.25) is 0 Å². The maximum absolute atomic E-state index is 10.6. The number of nitrogens with zero attached hydrogens (tertiary/aromatic N) is 3. The van der Waals surface area contributed by atoms with E-state index >= 15 is 0 Å². The van der Waals surface area contributed by atoms with Crippen molar-refractivity contribution >= 4 is 5.69 Å². The molecule has 0 aliphatic rings. The lowest BCUT2D eigenvalue weighted by atomic mass is 10.1. The number of non-ortho nitro benzene ring substituents is 1. The fourth-order valence-corrected chi connectivity index (χ4v) is 1.95. The molecule has 2 N–H and O–H groups in total. The summed E-state index contributed by atoms with van der Waals surface area (Å²) in [6, 6.07) is 6.54. The third-order valence-electron chi connectivity index (χ3n) is 3.09. The monoisotopic (exact) mass is 260 g/mol. The average molecular weight is 260 g/mol. The molecule has 6 heteroatoms. The highest BCUT2D eigenvalue weighted by molar-refractivity contribution is 5.34. The van der Waals surface area contributed by atoms with Crippen LogP contribution in [0.1, 0.15) is 17.1 Å². The summed E-state index contributed by atoms with van der Waals surface area (Å²) in [5, 5.41) is 10.6. The number of benzene rings is 1. The molecule has 19 heavy (non-hydrogen) atoms. The molecule has 2 rings (SSSR count). The number of aromatic nitrogens is 2. The maximum atomic E-state index is 10.6. The van der Waals surface area contributed by atoms with Crippen molar-refractivity contribution in [3.05, 3.63) is 57.7 Å². The number of hydrogen-bond donors (Lipinski definition) is 1. The number of nitrogens with two attached hydrogens (primary N) is 1. The average Bonchev–Trinajstić information content (AvgIpc) is 2.73. The molecule has 1 aromatic carbocycles. The highest BCUT2D eigenvalue weighted by Crippen LogP contribution is 2.15. The molecule has 0 aliphatic heterocycles. The highest BCUT2D eigenvalue weighted by atomic mass is 16.6. The molecule has 0 bridgehead atoms. The summed E-state index contributed by atoms with van der Waals surface area (Å²) in [7, 11) is 1.96. The van der Waals surface area contributed by atoms with Gasteiger partial charge in [-0.05, 0) is 12.1 Å². The van der Waals surface area contributed by atoms with Crippen molar-refractivity contribution in [2.24, 2.45) is 12.8 Å². The summed E-state index contributed by atoms with van der Waals surface area (Å²) >= 11 is 0. The summed E-state index contributed by atoms with van der Waals surface area (Å²) < 4.78 is 2.02. The van der Waals surface area contributed by atoms with Crippen molar-refractivity contribution in [1.82, 2.24) is 9.55 Å². The summed E-state index contributed by atoms with van der Waals surface area (Å²) in [5.41, 5.74) is 7.73. The van der Waals surface area contributed by atoms with Gasteiger partial charge in [0.15, 0.2) is 0 Å². The van der Waals surface area contributed by atoms with Gasteiger partial charge in [-0.3, -0.25) is 10.1 Å². The Balaban J connectivity index is 2.14. The van der Waals surface area contributed by atoms with E-state index in [2.05, 4.69) is 4.98 Å². The third kappa shape index (κ3) is 2.97. The lowest BCUT2D eigenvalue weighted by molar-refractivity contribution is -0.384. The van der Waals surface area contributed by atoms with Gasteiger partial charge in [-0.1, -0.05) is 12.1 Å². The van der Waals surface area contributed by atoms with Crippen LogP contribution in [-0.4, -0.2) is 21.0 Å². The van der Waals surface area contributed by atoms with Crippen LogP contribution < -0.4 is 5.73 Å². The van der Waals surface area contributed by atoms with Crippen molar-refractivity contribution in [1.29, 1.82) is 0 Å². The predicted molar refractivity (Wildman–Crippen MR) is 71.9 cm³/mol. The topological polar surface area (TPSA) is 87.0 Å². The Labute approximate surface area is 111 Å².